The van der Waals surface area contributed by atoms with E-state index in [1.165, 1.54) is 42.5 Å². The molecule has 3 aromatic carbocycles. The summed E-state index contributed by atoms with van der Waals surface area (Å²) in [5.41, 5.74) is 9.63. The number of nitrogens with one attached hydrogen (secondary N) is 1. The highest BCUT2D eigenvalue weighted by atomic mass is 32.2. The molecule has 14 heteroatoms. The molecule has 1 aliphatic rings. The van der Waals surface area contributed by atoms with E-state index in [0.29, 0.717) is 10.8 Å². The van der Waals surface area contributed by atoms with Crippen LogP contribution in [0, 0.1) is 5.92 Å². The summed E-state index contributed by atoms with van der Waals surface area (Å²) in [6.45, 7) is 2.53. The molecular formula is C25H22N6O7S. The molecule has 200 valence electrons. The summed E-state index contributed by atoms with van der Waals surface area (Å²) in [4.78, 5) is 55.9. The van der Waals surface area contributed by atoms with Crippen molar-refractivity contribution in [1.29, 1.82) is 0 Å². The van der Waals surface area contributed by atoms with Crippen molar-refractivity contribution in [2.75, 3.05) is 11.9 Å². The number of amides is 3. The van der Waals surface area contributed by atoms with E-state index < -0.39 is 52.3 Å². The molecule has 0 aliphatic carbocycles. The van der Waals surface area contributed by atoms with Crippen LogP contribution in [0.25, 0.3) is 21.2 Å². The number of esters is 1. The Hall–Kier alpha value is -4.78. The monoisotopic (exact) mass is 550 g/mol. The second-order valence-electron chi connectivity index (χ2n) is 8.94. The molecule has 0 radical (unpaired) electrons. The number of nitrogens with two attached hydrogens (primary N) is 1. The molecule has 0 saturated carbocycles. The first kappa shape index (κ1) is 27.3. The fourth-order valence-corrected chi connectivity index (χ4v) is 4.83. The van der Waals surface area contributed by atoms with Gasteiger partial charge in [0.25, 0.3) is 17.7 Å². The maximum absolute atomic E-state index is 13.5. The van der Waals surface area contributed by atoms with Gasteiger partial charge in [0, 0.05) is 32.8 Å². The third-order valence-corrected chi connectivity index (χ3v) is 6.96. The van der Waals surface area contributed by atoms with E-state index in [0.717, 1.165) is 4.90 Å². The maximum Gasteiger partial charge on any atom is 0.330 e. The number of carbonyl (C=O) groups excluding carboxylic acids is 4. The molecule has 0 fully saturated rings. The number of primary sulfonamides is 1. The Morgan fingerprint density at radius 1 is 1.05 bits per heavy atom. The predicted molar refractivity (Wildman–Crippen MR) is 139 cm³/mol. The van der Waals surface area contributed by atoms with Crippen LogP contribution in [0.3, 0.4) is 0 Å². The minimum atomic E-state index is -3.90. The molecule has 1 atom stereocenters. The van der Waals surface area contributed by atoms with Gasteiger partial charge in [-0.05, 0) is 53.2 Å². The normalized spacial score (nSPS) is 13.7. The van der Waals surface area contributed by atoms with Crippen molar-refractivity contribution < 1.29 is 32.3 Å². The van der Waals surface area contributed by atoms with E-state index in [-0.39, 0.29) is 27.4 Å². The van der Waals surface area contributed by atoms with Gasteiger partial charge in [0.05, 0.1) is 4.90 Å². The Bertz CT molecular complexity index is 1660. The zero-order valence-electron chi connectivity index (χ0n) is 20.7. The Morgan fingerprint density at radius 2 is 1.69 bits per heavy atom. The van der Waals surface area contributed by atoms with E-state index in [1.807, 2.05) is 0 Å². The Balaban J connectivity index is 1.54. The lowest BCUT2D eigenvalue weighted by molar-refractivity contribution is -0.152. The van der Waals surface area contributed by atoms with Gasteiger partial charge in [-0.3, -0.25) is 19.3 Å². The lowest BCUT2D eigenvalue weighted by Gasteiger charge is -2.34. The molecular weight excluding hydrogens is 528 g/mol. The van der Waals surface area contributed by atoms with Crippen LogP contribution in [-0.4, -0.2) is 49.7 Å². The fourth-order valence-electron chi connectivity index (χ4n) is 4.31. The van der Waals surface area contributed by atoms with Crippen LogP contribution < -0.4 is 10.5 Å². The second-order valence-corrected chi connectivity index (χ2v) is 10.5. The third kappa shape index (κ3) is 5.29. The van der Waals surface area contributed by atoms with Crippen LogP contribution in [-0.2, 0) is 24.3 Å². The summed E-state index contributed by atoms with van der Waals surface area (Å²) in [7, 11) is -3.90. The zero-order chi connectivity index (χ0) is 28.5. The molecule has 0 aromatic heterocycles. The molecule has 0 saturated heterocycles. The van der Waals surface area contributed by atoms with Crippen LogP contribution in [0.4, 0.5) is 11.4 Å². The minimum Gasteiger partial charge on any atom is -0.454 e. The maximum atomic E-state index is 13.5. The van der Waals surface area contributed by atoms with Gasteiger partial charge < -0.3 is 10.1 Å². The van der Waals surface area contributed by atoms with Crippen LogP contribution >= 0.6 is 0 Å². The van der Waals surface area contributed by atoms with Gasteiger partial charge in [0.2, 0.25) is 10.0 Å². The standard InChI is InChI=1S/C25H22N6O7S/c1-13(2)22(25(35)38-12-20(32)28-14-6-8-15(9-7-14)39(27,36)37)31-23(33)17-5-3-4-16-19(29-30-26)11-10-18(21(16)17)24(31)34/h3-11,13,22H,12H2,1-2H3,(H,28,32)(H2,27,36,37)/t22-/m0/s1. The smallest absolute Gasteiger partial charge is 0.330 e. The quantitative estimate of drug-likeness (QED) is 0.141. The van der Waals surface area contributed by atoms with Gasteiger partial charge in [-0.1, -0.05) is 37.2 Å². The number of anilines is 1. The highest BCUT2D eigenvalue weighted by Gasteiger charge is 2.43. The topological polar surface area (TPSA) is 202 Å². The lowest BCUT2D eigenvalue weighted by atomic mass is 9.90. The van der Waals surface area contributed by atoms with Crippen molar-refractivity contribution in [3.05, 3.63) is 76.2 Å². The van der Waals surface area contributed by atoms with Gasteiger partial charge in [-0.15, -0.1) is 0 Å². The number of nitrogens with zero attached hydrogens (tertiary/aromatic N) is 4. The summed E-state index contributed by atoms with van der Waals surface area (Å²) in [5.74, 6) is -3.72. The first-order valence-corrected chi connectivity index (χ1v) is 13.1. The average molecular weight is 551 g/mol. The fraction of sp³-hybridized carbons (Fsp3) is 0.200. The molecule has 39 heavy (non-hydrogen) atoms. The zero-order valence-corrected chi connectivity index (χ0v) is 21.5. The van der Waals surface area contributed by atoms with Crippen molar-refractivity contribution in [2.24, 2.45) is 16.2 Å². The average Bonchev–Trinajstić information content (AvgIpc) is 2.88. The van der Waals surface area contributed by atoms with E-state index in [9.17, 15) is 27.6 Å². The molecule has 3 N–H and O–H groups in total. The first-order valence-electron chi connectivity index (χ1n) is 11.5. The lowest BCUT2D eigenvalue weighted by Crippen LogP contribution is -2.53. The highest BCUT2D eigenvalue weighted by molar-refractivity contribution is 7.89. The molecule has 0 bridgehead atoms. The van der Waals surface area contributed by atoms with Crippen molar-refractivity contribution in [3.8, 4) is 0 Å². The number of hydrogen-bond donors (Lipinski definition) is 2. The van der Waals surface area contributed by atoms with E-state index in [1.54, 1.807) is 26.0 Å². The summed E-state index contributed by atoms with van der Waals surface area (Å²) in [6.07, 6.45) is 0. The summed E-state index contributed by atoms with van der Waals surface area (Å²) < 4.78 is 27.9. The number of benzene rings is 3. The van der Waals surface area contributed by atoms with E-state index in [4.69, 9.17) is 15.4 Å². The van der Waals surface area contributed by atoms with Crippen LogP contribution in [0.1, 0.15) is 34.6 Å². The summed E-state index contributed by atoms with van der Waals surface area (Å²) in [6, 6.07) is 11.3. The second kappa shape index (κ2) is 10.5. The van der Waals surface area contributed by atoms with E-state index >= 15 is 0 Å². The number of imide groups is 1. The van der Waals surface area contributed by atoms with Gasteiger partial charge in [0.1, 0.15) is 6.04 Å². The largest absolute Gasteiger partial charge is 0.454 e. The number of hydrogen-bond acceptors (Lipinski definition) is 8. The molecule has 3 amide bonds. The Labute approximate surface area is 222 Å². The number of ether oxygens (including phenoxy) is 1. The third-order valence-electron chi connectivity index (χ3n) is 6.03. The molecule has 3 aromatic rings. The summed E-state index contributed by atoms with van der Waals surface area (Å²) in [5, 5.41) is 11.9. The highest BCUT2D eigenvalue weighted by Crippen LogP contribution is 2.37. The van der Waals surface area contributed by atoms with Crippen molar-refractivity contribution in [2.45, 2.75) is 24.8 Å². The predicted octanol–water partition coefficient (Wildman–Crippen LogP) is 3.23. The molecule has 1 heterocycles. The molecule has 13 nitrogen and oxygen atoms in total. The van der Waals surface area contributed by atoms with E-state index in [2.05, 4.69) is 15.3 Å². The number of carbonyl (C=O) groups is 4. The van der Waals surface area contributed by atoms with Crippen LogP contribution in [0.15, 0.2) is 64.6 Å². The van der Waals surface area contributed by atoms with Gasteiger partial charge in [0.15, 0.2) is 6.61 Å². The number of sulfonamides is 1. The van der Waals surface area contributed by atoms with Crippen molar-refractivity contribution >= 4 is 55.9 Å². The first-order chi connectivity index (χ1) is 18.4. The minimum absolute atomic E-state index is 0.145. The summed E-state index contributed by atoms with van der Waals surface area (Å²) >= 11 is 0. The van der Waals surface area contributed by atoms with Crippen LogP contribution in [0.5, 0.6) is 0 Å². The van der Waals surface area contributed by atoms with Crippen molar-refractivity contribution in [1.82, 2.24) is 4.90 Å². The van der Waals surface area contributed by atoms with Gasteiger partial charge in [-0.25, -0.2) is 18.4 Å². The van der Waals surface area contributed by atoms with Gasteiger partial charge >= 0.3 is 5.97 Å². The Kier molecular flexibility index (Phi) is 7.36. The molecule has 1 aliphatic heterocycles. The SMILES string of the molecule is CC(C)[C@@H](C(=O)OCC(=O)Nc1ccc(S(N)(=O)=O)cc1)N1C(=O)c2cccc3c(N=[N+]=[N-])ccc(c23)C1=O. The molecule has 4 rings (SSSR count). The van der Waals surface area contributed by atoms with Crippen molar-refractivity contribution in [3.63, 3.8) is 0 Å². The molecule has 0 unspecified atom stereocenters. The Morgan fingerprint density at radius 3 is 2.28 bits per heavy atom. The van der Waals surface area contributed by atoms with Gasteiger partial charge in [-0.2, -0.15) is 0 Å². The van der Waals surface area contributed by atoms with Crippen LogP contribution in [0.2, 0.25) is 0 Å². The number of rotatable bonds is 8. The molecule has 0 spiro atoms. The number of azide groups is 1.